The van der Waals surface area contributed by atoms with Crippen LogP contribution in [-0.2, 0) is 12.8 Å². The Hall–Kier alpha value is -1.93. The summed E-state index contributed by atoms with van der Waals surface area (Å²) in [4.78, 5) is 12.7. The zero-order chi connectivity index (χ0) is 26.0. The van der Waals surface area contributed by atoms with E-state index in [0.29, 0.717) is 36.0 Å². The third-order valence-corrected chi connectivity index (χ3v) is 6.37. The topological polar surface area (TPSA) is 131 Å². The molecule has 0 fully saturated rings. The molecule has 2 rings (SSSR count). The van der Waals surface area contributed by atoms with Crippen LogP contribution in [0.1, 0.15) is 96.3 Å². The molecule has 0 spiro atoms. The molecule has 0 aliphatic rings. The lowest BCUT2D eigenvalue weighted by molar-refractivity contribution is 0.00670. The first-order valence-electron chi connectivity index (χ1n) is 13.0. The summed E-state index contributed by atoms with van der Waals surface area (Å²) >= 11 is 0. The van der Waals surface area contributed by atoms with E-state index in [0.717, 1.165) is 56.9 Å². The number of phenolic OH excluding ortho intramolecular Hbond substituents is 1. The van der Waals surface area contributed by atoms with Gasteiger partial charge in [0.1, 0.15) is 17.1 Å². The maximum absolute atomic E-state index is 12.7. The standard InChI is InChI=1S/C28H44O7/c1-19(29)15-22-18-25(33)27-20(16-21(30)17-26(27)35-22)11-7-4-5-8-12-23(31)24(32)13-9-6-10-14-28(2,3)34/h16-19,23-24,29-32,34H,4-15H2,1-3H3/t19-,23-,24+/m0/s1. The van der Waals surface area contributed by atoms with Crippen LogP contribution in [0.2, 0.25) is 0 Å². The van der Waals surface area contributed by atoms with Gasteiger partial charge in [0.25, 0.3) is 0 Å². The molecule has 0 aliphatic carbocycles. The van der Waals surface area contributed by atoms with Crippen LogP contribution in [-0.4, -0.2) is 49.4 Å². The SMILES string of the molecule is C[C@H](O)Cc1cc(=O)c2c(CCCCCC[C@H](O)[C@H](O)CCCCCC(C)(C)O)cc(O)cc2o1. The molecule has 0 aliphatic heterocycles. The number of aliphatic hydroxyl groups excluding tert-OH is 3. The van der Waals surface area contributed by atoms with Crippen molar-refractivity contribution in [3.05, 3.63) is 39.7 Å². The summed E-state index contributed by atoms with van der Waals surface area (Å²) < 4.78 is 5.74. The zero-order valence-corrected chi connectivity index (χ0v) is 21.5. The molecule has 0 bridgehead atoms. The first kappa shape index (κ1) is 29.3. The highest BCUT2D eigenvalue weighted by molar-refractivity contribution is 5.82. The Morgan fingerprint density at radius 1 is 0.886 bits per heavy atom. The number of aromatic hydroxyl groups is 1. The lowest BCUT2D eigenvalue weighted by atomic mass is 9.97. The van der Waals surface area contributed by atoms with Crippen LogP contribution in [0, 0.1) is 0 Å². The van der Waals surface area contributed by atoms with Gasteiger partial charge in [0.15, 0.2) is 5.43 Å². The minimum atomic E-state index is -0.722. The summed E-state index contributed by atoms with van der Waals surface area (Å²) in [5.41, 5.74) is 0.258. The highest BCUT2D eigenvalue weighted by Crippen LogP contribution is 2.25. The lowest BCUT2D eigenvalue weighted by Gasteiger charge is -2.19. The van der Waals surface area contributed by atoms with Gasteiger partial charge in [-0.25, -0.2) is 0 Å². The van der Waals surface area contributed by atoms with Crippen molar-refractivity contribution in [2.24, 2.45) is 0 Å². The molecule has 7 nitrogen and oxygen atoms in total. The molecule has 1 aromatic carbocycles. The van der Waals surface area contributed by atoms with E-state index in [1.165, 1.54) is 12.1 Å². The number of unbranched alkanes of at least 4 members (excludes halogenated alkanes) is 5. The summed E-state index contributed by atoms with van der Waals surface area (Å²) in [6.45, 7) is 5.22. The molecule has 5 N–H and O–H groups in total. The fourth-order valence-corrected chi connectivity index (χ4v) is 4.49. The lowest BCUT2D eigenvalue weighted by Crippen LogP contribution is -2.25. The Labute approximate surface area is 208 Å². The van der Waals surface area contributed by atoms with E-state index in [4.69, 9.17) is 4.42 Å². The van der Waals surface area contributed by atoms with E-state index in [9.17, 15) is 30.3 Å². The van der Waals surface area contributed by atoms with E-state index in [1.54, 1.807) is 26.8 Å². The van der Waals surface area contributed by atoms with E-state index in [1.807, 2.05) is 0 Å². The number of hydrogen-bond acceptors (Lipinski definition) is 7. The largest absolute Gasteiger partial charge is 0.508 e. The van der Waals surface area contributed by atoms with Crippen molar-refractivity contribution in [2.45, 2.75) is 122 Å². The van der Waals surface area contributed by atoms with Gasteiger partial charge in [-0.1, -0.05) is 38.5 Å². The van der Waals surface area contributed by atoms with E-state index >= 15 is 0 Å². The van der Waals surface area contributed by atoms with Gasteiger partial charge in [-0.2, -0.15) is 0 Å². The Kier molecular flexibility index (Phi) is 11.7. The number of fused-ring (bicyclic) bond motifs is 1. The molecule has 7 heteroatoms. The zero-order valence-electron chi connectivity index (χ0n) is 21.5. The molecule has 198 valence electrons. The molecule has 1 aromatic heterocycles. The van der Waals surface area contributed by atoms with Gasteiger partial charge in [-0.05, 0) is 64.5 Å². The maximum Gasteiger partial charge on any atom is 0.193 e. The molecule has 0 unspecified atom stereocenters. The van der Waals surface area contributed by atoms with E-state index in [2.05, 4.69) is 0 Å². The predicted octanol–water partition coefficient (Wildman–Crippen LogP) is 4.36. The summed E-state index contributed by atoms with van der Waals surface area (Å²) in [6, 6.07) is 4.46. The molecule has 1 heterocycles. The normalized spacial score (nSPS) is 14.8. The van der Waals surface area contributed by atoms with Crippen LogP contribution >= 0.6 is 0 Å². The smallest absolute Gasteiger partial charge is 0.193 e. The summed E-state index contributed by atoms with van der Waals surface area (Å²) in [5.74, 6) is 0.436. The highest BCUT2D eigenvalue weighted by atomic mass is 16.3. The van der Waals surface area contributed by atoms with Crippen LogP contribution in [0.15, 0.2) is 27.4 Å². The number of aryl methyl sites for hydroxylation is 1. The average Bonchev–Trinajstić information content (AvgIpc) is 2.73. The highest BCUT2D eigenvalue weighted by Gasteiger charge is 2.17. The molecule has 35 heavy (non-hydrogen) atoms. The first-order chi connectivity index (χ1) is 16.5. The van der Waals surface area contributed by atoms with Crippen LogP contribution < -0.4 is 5.43 Å². The summed E-state index contributed by atoms with van der Waals surface area (Å²) in [5, 5.41) is 50.2. The summed E-state index contributed by atoms with van der Waals surface area (Å²) in [6.07, 6.45) is 6.76. The van der Waals surface area contributed by atoms with Gasteiger partial charge in [0.05, 0.1) is 29.3 Å². The minimum absolute atomic E-state index is 0.0435. The Balaban J connectivity index is 1.74. The molecule has 0 amide bonds. The number of hydrogen-bond donors (Lipinski definition) is 5. The van der Waals surface area contributed by atoms with Gasteiger partial charge >= 0.3 is 0 Å². The van der Waals surface area contributed by atoms with Crippen LogP contribution in [0.5, 0.6) is 5.75 Å². The van der Waals surface area contributed by atoms with Crippen molar-refractivity contribution in [2.75, 3.05) is 0 Å². The van der Waals surface area contributed by atoms with Crippen molar-refractivity contribution in [1.82, 2.24) is 0 Å². The Morgan fingerprint density at radius 2 is 1.49 bits per heavy atom. The number of aliphatic hydroxyl groups is 4. The van der Waals surface area contributed by atoms with Gasteiger partial charge < -0.3 is 29.9 Å². The van der Waals surface area contributed by atoms with Crippen molar-refractivity contribution < 1.29 is 29.9 Å². The average molecular weight is 493 g/mol. The molecular formula is C28H44O7. The third kappa shape index (κ3) is 10.7. The maximum atomic E-state index is 12.7. The van der Waals surface area contributed by atoms with Crippen molar-refractivity contribution >= 4 is 11.0 Å². The monoisotopic (exact) mass is 492 g/mol. The number of phenols is 1. The predicted molar refractivity (Wildman–Crippen MR) is 138 cm³/mol. The fraction of sp³-hybridized carbons (Fsp3) is 0.679. The molecule has 0 saturated carbocycles. The second-order valence-electron chi connectivity index (χ2n) is 10.6. The fourth-order valence-electron chi connectivity index (χ4n) is 4.49. The van der Waals surface area contributed by atoms with Gasteiger partial charge in [-0.15, -0.1) is 0 Å². The van der Waals surface area contributed by atoms with E-state index in [-0.39, 0.29) is 17.6 Å². The molecule has 2 aromatic rings. The quantitative estimate of drug-likeness (QED) is 0.220. The third-order valence-electron chi connectivity index (χ3n) is 6.37. The summed E-state index contributed by atoms with van der Waals surface area (Å²) in [7, 11) is 0. The second-order valence-corrected chi connectivity index (χ2v) is 10.6. The number of rotatable bonds is 16. The van der Waals surface area contributed by atoms with Crippen molar-refractivity contribution in [3.63, 3.8) is 0 Å². The molecule has 0 radical (unpaired) electrons. The number of benzene rings is 1. The van der Waals surface area contributed by atoms with E-state index < -0.39 is 23.9 Å². The first-order valence-corrected chi connectivity index (χ1v) is 13.0. The van der Waals surface area contributed by atoms with Gasteiger partial charge in [-0.3, -0.25) is 4.79 Å². The molecule has 0 saturated heterocycles. The second kappa shape index (κ2) is 14.0. The van der Waals surface area contributed by atoms with Crippen molar-refractivity contribution in [3.8, 4) is 5.75 Å². The van der Waals surface area contributed by atoms with Gasteiger partial charge in [0.2, 0.25) is 0 Å². The molecule has 3 atom stereocenters. The van der Waals surface area contributed by atoms with Gasteiger partial charge in [0, 0.05) is 18.6 Å². The van der Waals surface area contributed by atoms with Crippen molar-refractivity contribution in [1.29, 1.82) is 0 Å². The van der Waals surface area contributed by atoms with Crippen LogP contribution in [0.4, 0.5) is 0 Å². The van der Waals surface area contributed by atoms with Crippen LogP contribution in [0.3, 0.4) is 0 Å². The Morgan fingerprint density at radius 3 is 2.09 bits per heavy atom. The Bertz CT molecular complexity index is 958. The molecular weight excluding hydrogens is 448 g/mol. The van der Waals surface area contributed by atoms with Crippen LogP contribution in [0.25, 0.3) is 11.0 Å². The minimum Gasteiger partial charge on any atom is -0.508 e.